The number of anilines is 1. The first-order chi connectivity index (χ1) is 12.6. The number of ether oxygens (including phenoxy) is 2. The second kappa shape index (κ2) is 7.64. The van der Waals surface area contributed by atoms with E-state index in [9.17, 15) is 9.59 Å². The van der Waals surface area contributed by atoms with Crippen LogP contribution in [0.3, 0.4) is 0 Å². The number of carbonyl (C=O) groups is 2. The van der Waals surface area contributed by atoms with Crippen LogP contribution in [-0.2, 0) is 0 Å². The minimum atomic E-state index is -0.403. The molecule has 26 heavy (non-hydrogen) atoms. The monoisotopic (exact) mass is 354 g/mol. The van der Waals surface area contributed by atoms with Crippen molar-refractivity contribution < 1.29 is 19.1 Å². The third-order valence-electron chi connectivity index (χ3n) is 3.94. The van der Waals surface area contributed by atoms with E-state index in [1.54, 1.807) is 37.4 Å². The van der Waals surface area contributed by atoms with Gasteiger partial charge < -0.3 is 20.1 Å². The Kier molecular flexibility index (Phi) is 5.12. The average molecular weight is 354 g/mol. The number of rotatable bonds is 5. The van der Waals surface area contributed by atoms with Crippen LogP contribution in [0.15, 0.2) is 52.7 Å². The smallest absolute Gasteiger partial charge is 0.319 e. The Labute approximate surface area is 150 Å². The lowest BCUT2D eigenvalue weighted by molar-refractivity contribution is 0.0985. The molecule has 8 heteroatoms. The summed E-state index contributed by atoms with van der Waals surface area (Å²) >= 11 is 0. The molecule has 0 spiro atoms. The molecule has 1 unspecified atom stereocenters. The van der Waals surface area contributed by atoms with Gasteiger partial charge in [0, 0.05) is 23.9 Å². The fourth-order valence-corrected chi connectivity index (χ4v) is 2.65. The maximum absolute atomic E-state index is 12.2. The molecule has 134 valence electrons. The Morgan fingerprint density at radius 1 is 1.12 bits per heavy atom. The molecule has 2 N–H and O–H groups in total. The van der Waals surface area contributed by atoms with E-state index in [4.69, 9.17) is 9.47 Å². The molecule has 0 aromatic heterocycles. The summed E-state index contributed by atoms with van der Waals surface area (Å²) in [4.78, 5) is 23.9. The molecule has 3 rings (SSSR count). The van der Waals surface area contributed by atoms with Gasteiger partial charge in [0.1, 0.15) is 6.04 Å². The molecule has 0 fully saturated rings. The van der Waals surface area contributed by atoms with Crippen molar-refractivity contribution in [2.75, 3.05) is 26.1 Å². The second-order valence-electron chi connectivity index (χ2n) is 5.53. The van der Waals surface area contributed by atoms with E-state index in [0.717, 1.165) is 5.56 Å². The maximum atomic E-state index is 12.2. The number of benzene rings is 2. The molecule has 2 aromatic rings. The van der Waals surface area contributed by atoms with Crippen molar-refractivity contribution in [1.29, 1.82) is 0 Å². The van der Waals surface area contributed by atoms with Crippen LogP contribution in [0.5, 0.6) is 11.5 Å². The third-order valence-corrected chi connectivity index (χ3v) is 3.94. The van der Waals surface area contributed by atoms with Crippen molar-refractivity contribution in [2.24, 2.45) is 10.2 Å². The minimum Gasteiger partial charge on any atom is -0.493 e. The van der Waals surface area contributed by atoms with E-state index in [1.165, 1.54) is 7.11 Å². The molecule has 1 aliphatic heterocycles. The molecule has 8 nitrogen and oxygen atoms in total. The van der Waals surface area contributed by atoms with Crippen molar-refractivity contribution in [3.05, 3.63) is 53.6 Å². The molecule has 0 bridgehead atoms. The number of hydrogen-bond donors (Lipinski definition) is 2. The van der Waals surface area contributed by atoms with Crippen LogP contribution in [0.4, 0.5) is 10.5 Å². The van der Waals surface area contributed by atoms with Gasteiger partial charge in [-0.1, -0.05) is 18.2 Å². The van der Waals surface area contributed by atoms with Gasteiger partial charge >= 0.3 is 6.03 Å². The Morgan fingerprint density at radius 2 is 1.88 bits per heavy atom. The van der Waals surface area contributed by atoms with Gasteiger partial charge in [-0.15, -0.1) is 5.11 Å². The van der Waals surface area contributed by atoms with Gasteiger partial charge in [-0.2, -0.15) is 5.11 Å². The Morgan fingerprint density at radius 3 is 2.65 bits per heavy atom. The fourth-order valence-electron chi connectivity index (χ4n) is 2.65. The van der Waals surface area contributed by atoms with E-state index >= 15 is 0 Å². The van der Waals surface area contributed by atoms with Crippen molar-refractivity contribution in [1.82, 2.24) is 5.32 Å². The summed E-state index contributed by atoms with van der Waals surface area (Å²) in [6, 6.07) is 11.4. The van der Waals surface area contributed by atoms with Crippen LogP contribution in [0, 0.1) is 0 Å². The van der Waals surface area contributed by atoms with Crippen LogP contribution in [0.2, 0.25) is 0 Å². The molecule has 1 heterocycles. The number of nitrogens with zero attached hydrogens (tertiary/aromatic N) is 2. The first kappa shape index (κ1) is 17.4. The zero-order valence-electron chi connectivity index (χ0n) is 14.4. The molecule has 0 saturated carbocycles. The zero-order valence-corrected chi connectivity index (χ0v) is 14.4. The second-order valence-corrected chi connectivity index (χ2v) is 5.53. The highest BCUT2D eigenvalue weighted by Gasteiger charge is 2.23. The van der Waals surface area contributed by atoms with Crippen LogP contribution < -0.4 is 20.1 Å². The zero-order chi connectivity index (χ0) is 18.5. The molecular formula is C18H18N4O4. The van der Waals surface area contributed by atoms with Crippen LogP contribution >= 0.6 is 0 Å². The largest absolute Gasteiger partial charge is 0.493 e. The van der Waals surface area contributed by atoms with Gasteiger partial charge in [-0.25, -0.2) is 4.79 Å². The number of hydrogen-bond acceptors (Lipinski definition) is 5. The molecular weight excluding hydrogens is 336 g/mol. The van der Waals surface area contributed by atoms with E-state index in [0.29, 0.717) is 22.7 Å². The molecule has 0 radical (unpaired) electrons. The Hall–Kier alpha value is -3.42. The quantitative estimate of drug-likeness (QED) is 0.861. The maximum Gasteiger partial charge on any atom is 0.319 e. The third kappa shape index (κ3) is 3.64. The Balaban J connectivity index is 1.63. The van der Waals surface area contributed by atoms with Crippen molar-refractivity contribution in [2.45, 2.75) is 6.04 Å². The average Bonchev–Trinajstić information content (AvgIpc) is 2.67. The molecule has 2 aromatic carbocycles. The van der Waals surface area contributed by atoms with Crippen molar-refractivity contribution in [3.63, 3.8) is 0 Å². The summed E-state index contributed by atoms with van der Waals surface area (Å²) in [5, 5.41) is 13.1. The van der Waals surface area contributed by atoms with E-state index < -0.39 is 12.1 Å². The van der Waals surface area contributed by atoms with Crippen LogP contribution in [0.25, 0.3) is 0 Å². The fraction of sp³-hybridized carbons (Fsp3) is 0.222. The summed E-state index contributed by atoms with van der Waals surface area (Å²) in [7, 11) is 3.06. The topological polar surface area (TPSA) is 101 Å². The first-order valence-electron chi connectivity index (χ1n) is 7.93. The van der Waals surface area contributed by atoms with Crippen LogP contribution in [0.1, 0.15) is 22.0 Å². The lowest BCUT2D eigenvalue weighted by Crippen LogP contribution is -2.32. The Bertz CT molecular complexity index is 866. The van der Waals surface area contributed by atoms with E-state index in [1.807, 2.05) is 12.1 Å². The summed E-state index contributed by atoms with van der Waals surface area (Å²) in [5.74, 6) is 0.716. The predicted molar refractivity (Wildman–Crippen MR) is 94.9 cm³/mol. The first-order valence-corrected chi connectivity index (χ1v) is 7.93. The molecule has 0 aliphatic carbocycles. The number of nitrogens with one attached hydrogen (secondary N) is 2. The number of fused-ring (bicyclic) bond motifs is 1. The molecule has 3 amide bonds. The molecule has 1 aliphatic rings. The van der Waals surface area contributed by atoms with Gasteiger partial charge in [-0.05, 0) is 23.8 Å². The van der Waals surface area contributed by atoms with Crippen molar-refractivity contribution >= 4 is 17.6 Å². The summed E-state index contributed by atoms with van der Waals surface area (Å²) in [6.07, 6.45) is 0. The highest BCUT2D eigenvalue weighted by molar-refractivity contribution is 5.97. The normalized spacial score (nSPS) is 15.2. The number of carbonyl (C=O) groups excluding carboxylic acids is 2. The summed E-state index contributed by atoms with van der Waals surface area (Å²) < 4.78 is 10.4. The van der Waals surface area contributed by atoms with E-state index in [-0.39, 0.29) is 12.5 Å². The van der Waals surface area contributed by atoms with Crippen LogP contribution in [-0.4, -0.2) is 32.7 Å². The van der Waals surface area contributed by atoms with Gasteiger partial charge in [0.05, 0.1) is 14.2 Å². The highest BCUT2D eigenvalue weighted by atomic mass is 16.5. The number of azo groups is 1. The highest BCUT2D eigenvalue weighted by Crippen LogP contribution is 2.30. The lowest BCUT2D eigenvalue weighted by Gasteiger charge is -2.18. The van der Waals surface area contributed by atoms with Crippen molar-refractivity contribution in [3.8, 4) is 11.5 Å². The number of methoxy groups -OCH3 is 2. The van der Waals surface area contributed by atoms with E-state index in [2.05, 4.69) is 20.9 Å². The standard InChI is InChI=1S/C18H18N4O4/c1-25-15-8-7-11(9-16(15)26-2)20-18(24)19-10-14-12-5-3-4-6-13(12)17(23)22-21-14/h3-9,14H,10H2,1-2H3,(H2,19,20,24). The molecule has 0 saturated heterocycles. The van der Waals surface area contributed by atoms with Gasteiger partial charge in [0.25, 0.3) is 5.91 Å². The predicted octanol–water partition coefficient (Wildman–Crippen LogP) is 3.17. The lowest BCUT2D eigenvalue weighted by atomic mass is 9.99. The van der Waals surface area contributed by atoms with Gasteiger partial charge in [0.2, 0.25) is 0 Å². The molecule has 1 atom stereocenters. The van der Waals surface area contributed by atoms with Gasteiger partial charge in [0.15, 0.2) is 11.5 Å². The summed E-state index contributed by atoms with van der Waals surface area (Å²) in [5.41, 5.74) is 1.81. The summed E-state index contributed by atoms with van der Waals surface area (Å²) in [6.45, 7) is 0.215. The minimum absolute atomic E-state index is 0.215. The number of amides is 3. The number of urea groups is 1. The van der Waals surface area contributed by atoms with Gasteiger partial charge in [-0.3, -0.25) is 4.79 Å². The SMILES string of the molecule is COc1ccc(NC(=O)NCC2N=NC(=O)c3ccccc32)cc1OC.